The van der Waals surface area contributed by atoms with Gasteiger partial charge in [-0.3, -0.25) is 9.89 Å². The van der Waals surface area contributed by atoms with Crippen LogP contribution in [-0.4, -0.2) is 76.1 Å². The second-order valence-corrected chi connectivity index (χ2v) is 8.63. The SMILES string of the molecule is CN=C(NCC1(CN2CCOCC2)CCCCC1)NCC1(C)CCCO1. The molecule has 2 saturated heterocycles. The van der Waals surface area contributed by atoms with Gasteiger partial charge in [0.25, 0.3) is 0 Å². The Hall–Kier alpha value is -0.850. The normalized spacial score (nSPS) is 30.3. The monoisotopic (exact) mass is 366 g/mol. The first-order valence-electron chi connectivity index (χ1n) is 10.5. The Balaban J connectivity index is 1.52. The van der Waals surface area contributed by atoms with Crippen molar-refractivity contribution in [1.29, 1.82) is 0 Å². The summed E-state index contributed by atoms with van der Waals surface area (Å²) in [5, 5.41) is 7.13. The summed E-state index contributed by atoms with van der Waals surface area (Å²) in [5.41, 5.74) is 0.314. The van der Waals surface area contributed by atoms with Crippen LogP contribution in [0, 0.1) is 5.41 Å². The van der Waals surface area contributed by atoms with E-state index >= 15 is 0 Å². The van der Waals surface area contributed by atoms with Gasteiger partial charge in [-0.25, -0.2) is 0 Å². The molecule has 0 amide bonds. The maximum absolute atomic E-state index is 5.89. The van der Waals surface area contributed by atoms with Gasteiger partial charge in [-0.1, -0.05) is 19.3 Å². The van der Waals surface area contributed by atoms with Gasteiger partial charge in [0.1, 0.15) is 0 Å². The molecule has 1 atom stereocenters. The number of hydrogen-bond donors (Lipinski definition) is 2. The Morgan fingerprint density at radius 2 is 1.69 bits per heavy atom. The van der Waals surface area contributed by atoms with Crippen LogP contribution in [0.4, 0.5) is 0 Å². The molecular weight excluding hydrogens is 328 g/mol. The minimum Gasteiger partial charge on any atom is -0.379 e. The predicted molar refractivity (Wildman–Crippen MR) is 106 cm³/mol. The molecule has 0 bridgehead atoms. The molecule has 2 N–H and O–H groups in total. The Labute approximate surface area is 159 Å². The minimum atomic E-state index is -0.0477. The number of nitrogens with one attached hydrogen (secondary N) is 2. The molecule has 0 aromatic carbocycles. The summed E-state index contributed by atoms with van der Waals surface area (Å²) < 4.78 is 11.4. The Morgan fingerprint density at radius 1 is 0.962 bits per heavy atom. The fraction of sp³-hybridized carbons (Fsp3) is 0.950. The summed E-state index contributed by atoms with van der Waals surface area (Å²) in [6, 6.07) is 0. The van der Waals surface area contributed by atoms with Crippen LogP contribution in [0.1, 0.15) is 51.9 Å². The van der Waals surface area contributed by atoms with E-state index in [1.54, 1.807) is 0 Å². The van der Waals surface area contributed by atoms with Crippen molar-refractivity contribution < 1.29 is 9.47 Å². The van der Waals surface area contributed by atoms with Crippen molar-refractivity contribution in [3.63, 3.8) is 0 Å². The summed E-state index contributed by atoms with van der Waals surface area (Å²) >= 11 is 0. The molecule has 1 saturated carbocycles. The summed E-state index contributed by atoms with van der Waals surface area (Å²) in [6.07, 6.45) is 9.00. The van der Waals surface area contributed by atoms with Gasteiger partial charge in [-0.15, -0.1) is 0 Å². The smallest absolute Gasteiger partial charge is 0.191 e. The first-order chi connectivity index (χ1) is 12.6. The zero-order chi connectivity index (χ0) is 18.3. The molecule has 6 nitrogen and oxygen atoms in total. The lowest BCUT2D eigenvalue weighted by molar-refractivity contribution is 0.00809. The van der Waals surface area contributed by atoms with Gasteiger partial charge >= 0.3 is 0 Å². The van der Waals surface area contributed by atoms with Gasteiger partial charge in [0.15, 0.2) is 5.96 Å². The molecule has 1 unspecified atom stereocenters. The van der Waals surface area contributed by atoms with Crippen LogP contribution >= 0.6 is 0 Å². The van der Waals surface area contributed by atoms with Crippen molar-refractivity contribution in [1.82, 2.24) is 15.5 Å². The van der Waals surface area contributed by atoms with E-state index in [-0.39, 0.29) is 5.60 Å². The number of aliphatic imine (C=N–C) groups is 1. The third-order valence-corrected chi connectivity index (χ3v) is 6.36. The van der Waals surface area contributed by atoms with Gasteiger partial charge in [-0.2, -0.15) is 0 Å². The number of guanidine groups is 1. The largest absolute Gasteiger partial charge is 0.379 e. The van der Waals surface area contributed by atoms with E-state index in [4.69, 9.17) is 9.47 Å². The summed E-state index contributed by atoms with van der Waals surface area (Å²) in [6.45, 7) is 9.99. The van der Waals surface area contributed by atoms with E-state index in [1.807, 2.05) is 7.05 Å². The van der Waals surface area contributed by atoms with Crippen molar-refractivity contribution >= 4 is 5.96 Å². The summed E-state index contributed by atoms with van der Waals surface area (Å²) in [7, 11) is 1.86. The second-order valence-electron chi connectivity index (χ2n) is 8.63. The Kier molecular flexibility index (Phi) is 7.18. The fourth-order valence-electron chi connectivity index (χ4n) is 4.66. The first-order valence-corrected chi connectivity index (χ1v) is 10.5. The van der Waals surface area contributed by atoms with Crippen molar-refractivity contribution in [2.24, 2.45) is 10.4 Å². The highest BCUT2D eigenvalue weighted by Crippen LogP contribution is 2.36. The Morgan fingerprint density at radius 3 is 2.35 bits per heavy atom. The topological polar surface area (TPSA) is 58.1 Å². The molecule has 2 heterocycles. The Bertz CT molecular complexity index is 451. The summed E-state index contributed by atoms with van der Waals surface area (Å²) in [4.78, 5) is 7.05. The van der Waals surface area contributed by atoms with E-state index in [0.717, 1.165) is 64.8 Å². The van der Waals surface area contributed by atoms with Gasteiger partial charge in [-0.05, 0) is 32.6 Å². The molecule has 3 aliphatic rings. The number of morpholine rings is 1. The average molecular weight is 367 g/mol. The third-order valence-electron chi connectivity index (χ3n) is 6.36. The third kappa shape index (κ3) is 5.57. The van der Waals surface area contributed by atoms with E-state index in [9.17, 15) is 0 Å². The van der Waals surface area contributed by atoms with E-state index in [1.165, 1.54) is 38.6 Å². The number of ether oxygens (including phenoxy) is 2. The van der Waals surface area contributed by atoms with Crippen molar-refractivity contribution in [2.45, 2.75) is 57.5 Å². The standard InChI is InChI=1S/C20H38N4O2/c1-19(7-6-12-26-19)15-22-18(21-2)23-16-20(8-4-3-5-9-20)17-24-10-13-25-14-11-24/h3-17H2,1-2H3,(H2,21,22,23). The maximum Gasteiger partial charge on any atom is 0.191 e. The van der Waals surface area contributed by atoms with E-state index in [0.29, 0.717) is 5.41 Å². The van der Waals surface area contributed by atoms with Gasteiger partial charge in [0.05, 0.1) is 18.8 Å². The average Bonchev–Trinajstić information content (AvgIpc) is 3.10. The molecule has 3 rings (SSSR count). The van der Waals surface area contributed by atoms with Crippen molar-refractivity contribution in [2.75, 3.05) is 59.6 Å². The van der Waals surface area contributed by atoms with Crippen LogP contribution in [0.5, 0.6) is 0 Å². The first kappa shape index (κ1) is 19.9. The van der Waals surface area contributed by atoms with E-state index < -0.39 is 0 Å². The van der Waals surface area contributed by atoms with Gasteiger partial charge in [0, 0.05) is 51.8 Å². The van der Waals surface area contributed by atoms with Crippen LogP contribution < -0.4 is 10.6 Å². The lowest BCUT2D eigenvalue weighted by atomic mass is 9.73. The van der Waals surface area contributed by atoms with Crippen LogP contribution in [0.3, 0.4) is 0 Å². The van der Waals surface area contributed by atoms with Crippen LogP contribution in [0.25, 0.3) is 0 Å². The van der Waals surface area contributed by atoms with Crippen molar-refractivity contribution in [3.05, 3.63) is 0 Å². The fourth-order valence-corrected chi connectivity index (χ4v) is 4.66. The zero-order valence-corrected chi connectivity index (χ0v) is 16.8. The second kappa shape index (κ2) is 9.38. The summed E-state index contributed by atoms with van der Waals surface area (Å²) in [5.74, 6) is 0.911. The molecule has 0 spiro atoms. The minimum absolute atomic E-state index is 0.0477. The van der Waals surface area contributed by atoms with Gasteiger partial charge in [0.2, 0.25) is 0 Å². The highest BCUT2D eigenvalue weighted by Gasteiger charge is 2.35. The molecule has 2 aliphatic heterocycles. The van der Waals surface area contributed by atoms with Crippen LogP contribution in [0.15, 0.2) is 4.99 Å². The molecule has 3 fully saturated rings. The zero-order valence-electron chi connectivity index (χ0n) is 16.8. The predicted octanol–water partition coefficient (Wildman–Crippen LogP) is 2.00. The lowest BCUT2D eigenvalue weighted by Crippen LogP contribution is -2.52. The van der Waals surface area contributed by atoms with Crippen LogP contribution in [-0.2, 0) is 9.47 Å². The maximum atomic E-state index is 5.89. The van der Waals surface area contributed by atoms with Crippen LogP contribution in [0.2, 0.25) is 0 Å². The molecule has 0 aromatic heterocycles. The number of rotatable bonds is 6. The molecule has 0 aromatic rings. The molecular formula is C20H38N4O2. The molecule has 150 valence electrons. The van der Waals surface area contributed by atoms with Gasteiger partial charge < -0.3 is 20.1 Å². The number of hydrogen-bond acceptors (Lipinski definition) is 4. The van der Waals surface area contributed by atoms with Crippen molar-refractivity contribution in [3.8, 4) is 0 Å². The molecule has 26 heavy (non-hydrogen) atoms. The molecule has 0 radical (unpaired) electrons. The lowest BCUT2D eigenvalue weighted by Gasteiger charge is -2.42. The highest BCUT2D eigenvalue weighted by atomic mass is 16.5. The van der Waals surface area contributed by atoms with E-state index in [2.05, 4.69) is 27.4 Å². The highest BCUT2D eigenvalue weighted by molar-refractivity contribution is 5.79. The molecule has 1 aliphatic carbocycles. The quantitative estimate of drug-likeness (QED) is 0.556. The number of nitrogens with zero attached hydrogens (tertiary/aromatic N) is 2. The molecule has 6 heteroatoms.